The van der Waals surface area contributed by atoms with Gasteiger partial charge in [-0.3, -0.25) is 9.79 Å². The van der Waals surface area contributed by atoms with Crippen molar-refractivity contribution >= 4 is 23.2 Å². The molecule has 2 aromatic carbocycles. The summed E-state index contributed by atoms with van der Waals surface area (Å²) in [7, 11) is 1.80. The van der Waals surface area contributed by atoms with E-state index in [1.54, 1.807) is 7.05 Å². The number of nitrogens with one attached hydrogen (secondary N) is 3. The standard InChI is InChI=1S/C24H33N5O/c1-17(2)23(30)27-20-9-7-19(8-10-20)15-26-24(25-4)28-21-13-14-29(16-21)22-11-5-18(3)6-12-22/h5-12,17,21H,13-16H2,1-4H3,(H,27,30)(H2,25,26,28). The Hall–Kier alpha value is -3.02. The first-order chi connectivity index (χ1) is 14.4. The van der Waals surface area contributed by atoms with Crippen molar-refractivity contribution in [2.75, 3.05) is 30.4 Å². The van der Waals surface area contributed by atoms with Crippen molar-refractivity contribution in [2.24, 2.45) is 10.9 Å². The third kappa shape index (κ3) is 5.99. The van der Waals surface area contributed by atoms with Gasteiger partial charge in [-0.05, 0) is 43.2 Å². The minimum absolute atomic E-state index is 0.0294. The maximum Gasteiger partial charge on any atom is 0.226 e. The van der Waals surface area contributed by atoms with E-state index in [4.69, 9.17) is 0 Å². The molecule has 30 heavy (non-hydrogen) atoms. The Balaban J connectivity index is 1.47. The van der Waals surface area contributed by atoms with E-state index in [0.29, 0.717) is 12.6 Å². The number of anilines is 2. The smallest absolute Gasteiger partial charge is 0.226 e. The molecule has 3 N–H and O–H groups in total. The molecule has 0 aromatic heterocycles. The predicted octanol–water partition coefficient (Wildman–Crippen LogP) is 3.53. The summed E-state index contributed by atoms with van der Waals surface area (Å²) in [4.78, 5) is 18.6. The summed E-state index contributed by atoms with van der Waals surface area (Å²) < 4.78 is 0. The van der Waals surface area contributed by atoms with Crippen LogP contribution in [0.25, 0.3) is 0 Å². The van der Waals surface area contributed by atoms with E-state index in [1.165, 1.54) is 11.3 Å². The minimum Gasteiger partial charge on any atom is -0.369 e. The van der Waals surface area contributed by atoms with Crippen molar-refractivity contribution in [2.45, 2.75) is 39.8 Å². The zero-order valence-corrected chi connectivity index (χ0v) is 18.4. The van der Waals surface area contributed by atoms with Crippen LogP contribution in [0.1, 0.15) is 31.4 Å². The first-order valence-corrected chi connectivity index (χ1v) is 10.6. The lowest BCUT2D eigenvalue weighted by Gasteiger charge is -2.20. The molecule has 160 valence electrons. The highest BCUT2D eigenvalue weighted by molar-refractivity contribution is 5.92. The van der Waals surface area contributed by atoms with Crippen LogP contribution in [-0.2, 0) is 11.3 Å². The van der Waals surface area contributed by atoms with E-state index in [9.17, 15) is 4.79 Å². The van der Waals surface area contributed by atoms with Gasteiger partial charge in [-0.1, -0.05) is 43.7 Å². The Morgan fingerprint density at radius 2 is 1.83 bits per heavy atom. The molecule has 3 rings (SSSR count). The zero-order chi connectivity index (χ0) is 21.5. The fraction of sp³-hybridized carbons (Fsp3) is 0.417. The molecule has 1 atom stereocenters. The molecule has 0 saturated carbocycles. The molecule has 6 heteroatoms. The van der Waals surface area contributed by atoms with Gasteiger partial charge in [0.2, 0.25) is 5.91 Å². The van der Waals surface area contributed by atoms with Crippen molar-refractivity contribution in [1.29, 1.82) is 0 Å². The van der Waals surface area contributed by atoms with Crippen LogP contribution in [0.15, 0.2) is 53.5 Å². The normalized spacial score (nSPS) is 16.6. The van der Waals surface area contributed by atoms with Crippen LogP contribution < -0.4 is 20.9 Å². The highest BCUT2D eigenvalue weighted by Crippen LogP contribution is 2.20. The van der Waals surface area contributed by atoms with Crippen LogP contribution in [0, 0.1) is 12.8 Å². The Morgan fingerprint density at radius 1 is 1.13 bits per heavy atom. The molecule has 6 nitrogen and oxygen atoms in total. The van der Waals surface area contributed by atoms with Crippen LogP contribution in [0.2, 0.25) is 0 Å². The Labute approximate surface area is 179 Å². The SMILES string of the molecule is CN=C(NCc1ccc(NC(=O)C(C)C)cc1)NC1CCN(c2ccc(C)cc2)C1. The summed E-state index contributed by atoms with van der Waals surface area (Å²) >= 11 is 0. The molecule has 1 amide bonds. The summed E-state index contributed by atoms with van der Waals surface area (Å²) in [5.74, 6) is 0.808. The lowest BCUT2D eigenvalue weighted by Crippen LogP contribution is -2.44. The first-order valence-electron chi connectivity index (χ1n) is 10.6. The van der Waals surface area contributed by atoms with Crippen LogP contribution >= 0.6 is 0 Å². The fourth-order valence-corrected chi connectivity index (χ4v) is 3.43. The summed E-state index contributed by atoms with van der Waals surface area (Å²) in [6.07, 6.45) is 1.08. The number of nitrogens with zero attached hydrogens (tertiary/aromatic N) is 2. The molecule has 2 aromatic rings. The van der Waals surface area contributed by atoms with Gasteiger partial charge in [-0.25, -0.2) is 0 Å². The second-order valence-corrected chi connectivity index (χ2v) is 8.18. The maximum absolute atomic E-state index is 11.8. The van der Waals surface area contributed by atoms with Crippen molar-refractivity contribution in [3.8, 4) is 0 Å². The monoisotopic (exact) mass is 407 g/mol. The molecule has 0 bridgehead atoms. The van der Waals surface area contributed by atoms with E-state index in [1.807, 2.05) is 38.1 Å². The number of hydrogen-bond donors (Lipinski definition) is 3. The van der Waals surface area contributed by atoms with E-state index in [2.05, 4.69) is 57.0 Å². The third-order valence-corrected chi connectivity index (χ3v) is 5.36. The van der Waals surface area contributed by atoms with Crippen LogP contribution in [0.4, 0.5) is 11.4 Å². The van der Waals surface area contributed by atoms with Crippen LogP contribution in [0.3, 0.4) is 0 Å². The van der Waals surface area contributed by atoms with E-state index in [-0.39, 0.29) is 11.8 Å². The lowest BCUT2D eigenvalue weighted by molar-refractivity contribution is -0.118. The number of rotatable bonds is 6. The van der Waals surface area contributed by atoms with E-state index >= 15 is 0 Å². The minimum atomic E-state index is -0.0294. The maximum atomic E-state index is 11.8. The van der Waals surface area contributed by atoms with Gasteiger partial charge in [0.15, 0.2) is 5.96 Å². The van der Waals surface area contributed by atoms with Crippen molar-refractivity contribution in [3.63, 3.8) is 0 Å². The third-order valence-electron chi connectivity index (χ3n) is 5.36. The molecule has 1 aliphatic heterocycles. The average Bonchev–Trinajstić information content (AvgIpc) is 3.21. The number of amides is 1. The molecule has 1 saturated heterocycles. The van der Waals surface area contributed by atoms with Crippen molar-refractivity contribution in [3.05, 3.63) is 59.7 Å². The van der Waals surface area contributed by atoms with Gasteiger partial charge in [0.25, 0.3) is 0 Å². The largest absolute Gasteiger partial charge is 0.369 e. The fourth-order valence-electron chi connectivity index (χ4n) is 3.43. The highest BCUT2D eigenvalue weighted by Gasteiger charge is 2.23. The van der Waals surface area contributed by atoms with E-state index < -0.39 is 0 Å². The van der Waals surface area contributed by atoms with Gasteiger partial charge in [0, 0.05) is 50.0 Å². The Kier molecular flexibility index (Phi) is 7.33. The van der Waals surface area contributed by atoms with Crippen molar-refractivity contribution in [1.82, 2.24) is 10.6 Å². The van der Waals surface area contributed by atoms with Crippen molar-refractivity contribution < 1.29 is 4.79 Å². The lowest BCUT2D eigenvalue weighted by atomic mass is 10.1. The molecule has 1 fully saturated rings. The summed E-state index contributed by atoms with van der Waals surface area (Å²) in [5.41, 5.74) is 4.51. The van der Waals surface area contributed by atoms with Gasteiger partial charge in [0.1, 0.15) is 0 Å². The molecule has 0 spiro atoms. The predicted molar refractivity (Wildman–Crippen MR) is 125 cm³/mol. The average molecular weight is 408 g/mol. The summed E-state index contributed by atoms with van der Waals surface area (Å²) in [6.45, 7) is 8.57. The molecule has 1 heterocycles. The Morgan fingerprint density at radius 3 is 2.47 bits per heavy atom. The van der Waals surface area contributed by atoms with Crippen LogP contribution in [0.5, 0.6) is 0 Å². The van der Waals surface area contributed by atoms with Crippen LogP contribution in [-0.4, -0.2) is 38.0 Å². The molecule has 0 radical (unpaired) electrons. The number of carbonyl (C=O) groups is 1. The summed E-state index contributed by atoms with van der Waals surface area (Å²) in [6, 6.07) is 17.0. The first kappa shape index (κ1) is 21.7. The number of aliphatic imine (C=N–C) groups is 1. The number of aryl methyl sites for hydroxylation is 1. The zero-order valence-electron chi connectivity index (χ0n) is 18.4. The molecule has 1 aliphatic rings. The second kappa shape index (κ2) is 10.1. The van der Waals surface area contributed by atoms with Gasteiger partial charge < -0.3 is 20.9 Å². The topological polar surface area (TPSA) is 68.8 Å². The van der Waals surface area contributed by atoms with Gasteiger partial charge in [-0.2, -0.15) is 0 Å². The molecular formula is C24H33N5O. The highest BCUT2D eigenvalue weighted by atomic mass is 16.1. The number of guanidine groups is 1. The van der Waals surface area contributed by atoms with Gasteiger partial charge in [0.05, 0.1) is 0 Å². The van der Waals surface area contributed by atoms with E-state index in [0.717, 1.165) is 36.7 Å². The number of carbonyl (C=O) groups excluding carboxylic acids is 1. The number of benzene rings is 2. The quantitative estimate of drug-likeness (QED) is 0.506. The number of hydrogen-bond acceptors (Lipinski definition) is 3. The second-order valence-electron chi connectivity index (χ2n) is 8.18. The van der Waals surface area contributed by atoms with Gasteiger partial charge >= 0.3 is 0 Å². The molecule has 0 aliphatic carbocycles. The van der Waals surface area contributed by atoms with Gasteiger partial charge in [-0.15, -0.1) is 0 Å². The molecular weight excluding hydrogens is 374 g/mol. The molecule has 1 unspecified atom stereocenters. The Bertz CT molecular complexity index is 858. The summed E-state index contributed by atoms with van der Waals surface area (Å²) in [5, 5.41) is 9.84.